The van der Waals surface area contributed by atoms with Crippen LogP contribution in [-0.2, 0) is 4.74 Å². The molecule has 0 bridgehead atoms. The highest BCUT2D eigenvalue weighted by atomic mass is 16.5. The lowest BCUT2D eigenvalue weighted by Crippen LogP contribution is -2.68. The quantitative estimate of drug-likeness (QED) is 0.622. The summed E-state index contributed by atoms with van der Waals surface area (Å²) in [5.41, 5.74) is 0.207. The number of fused-ring (bicyclic) bond motifs is 1. The van der Waals surface area contributed by atoms with Crippen molar-refractivity contribution >= 4 is 5.96 Å². The molecule has 3 aliphatic rings. The third-order valence-electron chi connectivity index (χ3n) is 6.38. The Hall–Kier alpha value is -0.770. The number of nitrogens with one attached hydrogen (secondary N) is 2. The first kappa shape index (κ1) is 16.1. The van der Waals surface area contributed by atoms with E-state index in [1.807, 2.05) is 7.05 Å². The third kappa shape index (κ3) is 2.86. The molecular weight excluding hydrogens is 274 g/mol. The van der Waals surface area contributed by atoms with Gasteiger partial charge in [0, 0.05) is 37.1 Å². The SMILES string of the molecule is CCC1CCC(NC(=NC)NC2C3CCOC3C2(C)C)CC1. The number of hydrogen-bond acceptors (Lipinski definition) is 2. The molecule has 0 amide bonds. The maximum atomic E-state index is 5.89. The van der Waals surface area contributed by atoms with E-state index < -0.39 is 0 Å². The summed E-state index contributed by atoms with van der Waals surface area (Å²) in [4.78, 5) is 4.48. The molecule has 1 saturated heterocycles. The maximum absolute atomic E-state index is 5.89. The Balaban J connectivity index is 1.53. The van der Waals surface area contributed by atoms with E-state index in [1.54, 1.807) is 0 Å². The highest BCUT2D eigenvalue weighted by Gasteiger charge is 2.59. The van der Waals surface area contributed by atoms with E-state index in [1.165, 1.54) is 38.5 Å². The van der Waals surface area contributed by atoms with Crippen LogP contribution < -0.4 is 10.6 Å². The van der Waals surface area contributed by atoms with Gasteiger partial charge in [-0.05, 0) is 38.0 Å². The molecule has 0 aromatic rings. The number of hydrogen-bond donors (Lipinski definition) is 2. The molecule has 4 heteroatoms. The predicted octanol–water partition coefficient (Wildman–Crippen LogP) is 2.93. The molecule has 3 fully saturated rings. The molecule has 4 nitrogen and oxygen atoms in total. The van der Waals surface area contributed by atoms with E-state index in [9.17, 15) is 0 Å². The summed E-state index contributed by atoms with van der Waals surface area (Å²) < 4.78 is 5.89. The molecular formula is C18H33N3O. The average Bonchev–Trinajstić information content (AvgIpc) is 2.99. The van der Waals surface area contributed by atoms with Gasteiger partial charge >= 0.3 is 0 Å². The Labute approximate surface area is 135 Å². The summed E-state index contributed by atoms with van der Waals surface area (Å²) in [6.07, 6.45) is 8.23. The molecule has 2 aliphatic carbocycles. The van der Waals surface area contributed by atoms with Gasteiger partial charge in [-0.1, -0.05) is 27.2 Å². The molecule has 0 aromatic carbocycles. The minimum Gasteiger partial charge on any atom is -0.377 e. The van der Waals surface area contributed by atoms with Crippen LogP contribution in [0.25, 0.3) is 0 Å². The van der Waals surface area contributed by atoms with Gasteiger partial charge in [-0.2, -0.15) is 0 Å². The van der Waals surface area contributed by atoms with Crippen molar-refractivity contribution in [1.29, 1.82) is 0 Å². The molecule has 2 N–H and O–H groups in total. The molecule has 0 spiro atoms. The summed E-state index contributed by atoms with van der Waals surface area (Å²) in [6, 6.07) is 1.07. The van der Waals surface area contributed by atoms with Crippen LogP contribution in [0.15, 0.2) is 4.99 Å². The third-order valence-corrected chi connectivity index (χ3v) is 6.38. The van der Waals surface area contributed by atoms with E-state index in [0.29, 0.717) is 24.1 Å². The van der Waals surface area contributed by atoms with Gasteiger partial charge in [0.25, 0.3) is 0 Å². The number of aliphatic imine (C=N–C) groups is 1. The van der Waals surface area contributed by atoms with E-state index in [-0.39, 0.29) is 5.41 Å². The Kier molecular flexibility index (Phi) is 4.67. The Morgan fingerprint density at radius 2 is 1.86 bits per heavy atom. The second-order valence-electron chi connectivity index (χ2n) is 8.03. The van der Waals surface area contributed by atoms with Crippen LogP contribution in [0, 0.1) is 17.3 Å². The standard InChI is InChI=1S/C18H33N3O/c1-5-12-6-8-13(9-7-12)20-17(19-4)21-15-14-10-11-22-16(14)18(15,2)3/h12-16H,5-11H2,1-4H3,(H2,19,20,21). The zero-order chi connectivity index (χ0) is 15.7. The van der Waals surface area contributed by atoms with Gasteiger partial charge in [-0.15, -0.1) is 0 Å². The zero-order valence-electron chi connectivity index (χ0n) is 14.7. The van der Waals surface area contributed by atoms with E-state index in [2.05, 4.69) is 36.4 Å². The van der Waals surface area contributed by atoms with Crippen LogP contribution in [0.1, 0.15) is 59.3 Å². The number of ether oxygens (including phenoxy) is 1. The first-order chi connectivity index (χ1) is 10.6. The first-order valence-corrected chi connectivity index (χ1v) is 9.17. The van der Waals surface area contributed by atoms with Crippen LogP contribution in [0.4, 0.5) is 0 Å². The molecule has 1 heterocycles. The Bertz CT molecular complexity index is 413. The lowest BCUT2D eigenvalue weighted by atomic mass is 9.57. The van der Waals surface area contributed by atoms with Gasteiger partial charge in [0.1, 0.15) is 0 Å². The molecule has 3 atom stereocenters. The van der Waals surface area contributed by atoms with Crippen LogP contribution in [-0.4, -0.2) is 37.8 Å². The lowest BCUT2D eigenvalue weighted by molar-refractivity contribution is -0.106. The van der Waals surface area contributed by atoms with Gasteiger partial charge < -0.3 is 15.4 Å². The highest BCUT2D eigenvalue weighted by Crippen LogP contribution is 2.52. The zero-order valence-corrected chi connectivity index (χ0v) is 14.7. The molecule has 1 aliphatic heterocycles. The van der Waals surface area contributed by atoms with Gasteiger partial charge in [0.15, 0.2) is 5.96 Å². The second-order valence-corrected chi connectivity index (χ2v) is 8.03. The first-order valence-electron chi connectivity index (χ1n) is 9.17. The molecule has 3 unspecified atom stereocenters. The normalized spacial score (nSPS) is 40.7. The average molecular weight is 307 g/mol. The van der Waals surface area contributed by atoms with Gasteiger partial charge in [-0.25, -0.2) is 0 Å². The lowest BCUT2D eigenvalue weighted by Gasteiger charge is -2.55. The Morgan fingerprint density at radius 1 is 1.14 bits per heavy atom. The van der Waals surface area contributed by atoms with Crippen molar-refractivity contribution in [3.05, 3.63) is 0 Å². The van der Waals surface area contributed by atoms with Crippen LogP contribution >= 0.6 is 0 Å². The van der Waals surface area contributed by atoms with Gasteiger partial charge in [0.05, 0.1) is 6.10 Å². The van der Waals surface area contributed by atoms with E-state index in [4.69, 9.17) is 4.74 Å². The van der Waals surface area contributed by atoms with Crippen molar-refractivity contribution in [2.24, 2.45) is 22.2 Å². The van der Waals surface area contributed by atoms with Crippen molar-refractivity contribution < 1.29 is 4.74 Å². The van der Waals surface area contributed by atoms with Crippen LogP contribution in [0.3, 0.4) is 0 Å². The fraction of sp³-hybridized carbons (Fsp3) is 0.944. The molecule has 2 saturated carbocycles. The van der Waals surface area contributed by atoms with Crippen molar-refractivity contribution in [2.75, 3.05) is 13.7 Å². The van der Waals surface area contributed by atoms with Gasteiger partial charge in [0.2, 0.25) is 0 Å². The fourth-order valence-electron chi connectivity index (χ4n) is 4.84. The minimum atomic E-state index is 0.207. The topological polar surface area (TPSA) is 45.7 Å². The van der Waals surface area contributed by atoms with Crippen molar-refractivity contribution in [3.63, 3.8) is 0 Å². The highest BCUT2D eigenvalue weighted by molar-refractivity contribution is 5.80. The van der Waals surface area contributed by atoms with E-state index >= 15 is 0 Å². The largest absolute Gasteiger partial charge is 0.377 e. The van der Waals surface area contributed by atoms with E-state index in [0.717, 1.165) is 18.5 Å². The molecule has 0 radical (unpaired) electrons. The minimum absolute atomic E-state index is 0.207. The summed E-state index contributed by atoms with van der Waals surface area (Å²) in [7, 11) is 1.89. The Morgan fingerprint density at radius 3 is 2.50 bits per heavy atom. The molecule has 22 heavy (non-hydrogen) atoms. The monoisotopic (exact) mass is 307 g/mol. The van der Waals surface area contributed by atoms with Gasteiger partial charge in [-0.3, -0.25) is 4.99 Å². The smallest absolute Gasteiger partial charge is 0.191 e. The molecule has 0 aromatic heterocycles. The molecule has 3 rings (SSSR count). The summed E-state index contributed by atoms with van der Waals surface area (Å²) >= 11 is 0. The van der Waals surface area contributed by atoms with Crippen molar-refractivity contribution in [2.45, 2.75) is 77.5 Å². The molecule has 126 valence electrons. The summed E-state index contributed by atoms with van der Waals surface area (Å²) in [5, 5.41) is 7.36. The second kappa shape index (κ2) is 6.38. The van der Waals surface area contributed by atoms with Crippen LogP contribution in [0.5, 0.6) is 0 Å². The predicted molar refractivity (Wildman–Crippen MR) is 91.1 cm³/mol. The number of guanidine groups is 1. The fourth-order valence-corrected chi connectivity index (χ4v) is 4.84. The summed E-state index contributed by atoms with van der Waals surface area (Å²) in [6.45, 7) is 7.87. The van der Waals surface area contributed by atoms with Crippen molar-refractivity contribution in [1.82, 2.24) is 10.6 Å². The maximum Gasteiger partial charge on any atom is 0.191 e. The van der Waals surface area contributed by atoms with Crippen molar-refractivity contribution in [3.8, 4) is 0 Å². The number of nitrogens with zero attached hydrogens (tertiary/aromatic N) is 1. The summed E-state index contributed by atoms with van der Waals surface area (Å²) in [5.74, 6) is 2.59. The number of rotatable bonds is 3. The van der Waals surface area contributed by atoms with Crippen LogP contribution in [0.2, 0.25) is 0 Å².